The Balaban J connectivity index is 1.75. The molecular formula is C17H23N3OS. The molecule has 3 rings (SSSR count). The Bertz CT molecular complexity index is 653. The summed E-state index contributed by atoms with van der Waals surface area (Å²) in [7, 11) is 0. The summed E-state index contributed by atoms with van der Waals surface area (Å²) in [6.45, 7) is 4.20. The Labute approximate surface area is 135 Å². The average molecular weight is 317 g/mol. The predicted octanol–water partition coefficient (Wildman–Crippen LogP) is 4.57. The minimum absolute atomic E-state index is 0.0228. The van der Waals surface area contributed by atoms with Crippen LogP contribution in [0.4, 0.5) is 5.82 Å². The molecule has 4 nitrogen and oxygen atoms in total. The normalized spacial score (nSPS) is 15.9. The van der Waals surface area contributed by atoms with Crippen molar-refractivity contribution in [1.82, 2.24) is 9.78 Å². The van der Waals surface area contributed by atoms with E-state index in [0.29, 0.717) is 6.04 Å². The summed E-state index contributed by atoms with van der Waals surface area (Å²) in [4.78, 5) is 14.5. The maximum absolute atomic E-state index is 12.5. The molecule has 0 saturated heterocycles. The SMILES string of the molecule is CCc1cc(C(=O)Nc2ccnn2C2CCCCC2)sc1C. The van der Waals surface area contributed by atoms with Gasteiger partial charge in [0, 0.05) is 10.9 Å². The molecule has 0 bridgehead atoms. The third-order valence-electron chi connectivity index (χ3n) is 4.46. The largest absolute Gasteiger partial charge is 0.306 e. The molecule has 0 radical (unpaired) electrons. The quantitative estimate of drug-likeness (QED) is 0.897. The van der Waals surface area contributed by atoms with Crippen LogP contribution in [0.2, 0.25) is 0 Å². The second-order valence-electron chi connectivity index (χ2n) is 5.95. The summed E-state index contributed by atoms with van der Waals surface area (Å²) in [5.41, 5.74) is 1.26. The number of nitrogens with zero attached hydrogens (tertiary/aromatic N) is 2. The highest BCUT2D eigenvalue weighted by atomic mass is 32.1. The molecule has 1 aliphatic carbocycles. The summed E-state index contributed by atoms with van der Waals surface area (Å²) in [6, 6.07) is 4.33. The van der Waals surface area contributed by atoms with Gasteiger partial charge in [-0.3, -0.25) is 4.79 Å². The lowest BCUT2D eigenvalue weighted by atomic mass is 9.96. The first-order valence-corrected chi connectivity index (χ1v) is 8.95. The Morgan fingerprint density at radius 3 is 2.86 bits per heavy atom. The van der Waals surface area contributed by atoms with E-state index in [4.69, 9.17) is 0 Å². The number of thiophene rings is 1. The summed E-state index contributed by atoms with van der Waals surface area (Å²) < 4.78 is 2.00. The van der Waals surface area contributed by atoms with Crippen molar-refractivity contribution in [2.24, 2.45) is 0 Å². The molecule has 0 spiro atoms. The number of aryl methyl sites for hydroxylation is 2. The van der Waals surface area contributed by atoms with Crippen molar-refractivity contribution >= 4 is 23.1 Å². The molecule has 2 aromatic heterocycles. The molecule has 5 heteroatoms. The summed E-state index contributed by atoms with van der Waals surface area (Å²) in [5, 5.41) is 7.47. The van der Waals surface area contributed by atoms with Gasteiger partial charge in [0.05, 0.1) is 17.1 Å². The van der Waals surface area contributed by atoms with Crippen LogP contribution in [-0.2, 0) is 6.42 Å². The van der Waals surface area contributed by atoms with Crippen LogP contribution in [0.1, 0.15) is 65.2 Å². The van der Waals surface area contributed by atoms with Gasteiger partial charge in [0.15, 0.2) is 0 Å². The topological polar surface area (TPSA) is 46.9 Å². The van der Waals surface area contributed by atoms with E-state index in [1.165, 1.54) is 29.7 Å². The second-order valence-corrected chi connectivity index (χ2v) is 7.21. The van der Waals surface area contributed by atoms with Crippen molar-refractivity contribution in [2.45, 2.75) is 58.4 Å². The van der Waals surface area contributed by atoms with Crippen molar-refractivity contribution in [3.05, 3.63) is 33.6 Å². The summed E-state index contributed by atoms with van der Waals surface area (Å²) in [5.74, 6) is 0.798. The second kappa shape index (κ2) is 6.65. The van der Waals surface area contributed by atoms with Crippen molar-refractivity contribution in [1.29, 1.82) is 0 Å². The number of amides is 1. The third kappa shape index (κ3) is 3.09. The van der Waals surface area contributed by atoms with Crippen LogP contribution in [-0.4, -0.2) is 15.7 Å². The van der Waals surface area contributed by atoms with Crippen molar-refractivity contribution in [3.8, 4) is 0 Å². The van der Waals surface area contributed by atoms with E-state index in [-0.39, 0.29) is 5.91 Å². The number of hydrogen-bond acceptors (Lipinski definition) is 3. The maximum atomic E-state index is 12.5. The van der Waals surface area contributed by atoms with Crippen LogP contribution < -0.4 is 5.32 Å². The van der Waals surface area contributed by atoms with Crippen LogP contribution in [0, 0.1) is 6.92 Å². The standard InChI is InChI=1S/C17H23N3OS/c1-3-13-11-15(22-12(13)2)17(21)19-16-9-10-18-20(16)14-7-5-4-6-8-14/h9-11,14H,3-8H2,1-2H3,(H,19,21). The van der Waals surface area contributed by atoms with Gasteiger partial charge in [0.2, 0.25) is 0 Å². The number of anilines is 1. The first-order valence-electron chi connectivity index (χ1n) is 8.13. The molecule has 2 heterocycles. The van der Waals surface area contributed by atoms with E-state index in [1.54, 1.807) is 17.5 Å². The van der Waals surface area contributed by atoms with E-state index in [2.05, 4.69) is 24.3 Å². The zero-order valence-corrected chi connectivity index (χ0v) is 14.1. The Morgan fingerprint density at radius 2 is 2.18 bits per heavy atom. The van der Waals surface area contributed by atoms with E-state index in [0.717, 1.165) is 30.0 Å². The van der Waals surface area contributed by atoms with Crippen LogP contribution in [0.5, 0.6) is 0 Å². The third-order valence-corrected chi connectivity index (χ3v) is 5.55. The lowest BCUT2D eigenvalue weighted by Crippen LogP contribution is -2.19. The smallest absolute Gasteiger partial charge is 0.266 e. The zero-order valence-electron chi connectivity index (χ0n) is 13.3. The van der Waals surface area contributed by atoms with Gasteiger partial charge in [-0.2, -0.15) is 5.10 Å². The van der Waals surface area contributed by atoms with Gasteiger partial charge >= 0.3 is 0 Å². The Hall–Kier alpha value is -1.62. The number of rotatable bonds is 4. The van der Waals surface area contributed by atoms with Crippen LogP contribution >= 0.6 is 11.3 Å². The van der Waals surface area contributed by atoms with Crippen LogP contribution in [0.25, 0.3) is 0 Å². The highest BCUT2D eigenvalue weighted by Gasteiger charge is 2.20. The highest BCUT2D eigenvalue weighted by Crippen LogP contribution is 2.30. The molecule has 1 N–H and O–H groups in total. The minimum atomic E-state index is -0.0228. The Morgan fingerprint density at radius 1 is 1.41 bits per heavy atom. The van der Waals surface area contributed by atoms with Gasteiger partial charge in [-0.1, -0.05) is 26.2 Å². The number of nitrogens with one attached hydrogen (secondary N) is 1. The molecule has 1 amide bonds. The monoisotopic (exact) mass is 317 g/mol. The lowest BCUT2D eigenvalue weighted by molar-refractivity contribution is 0.102. The predicted molar refractivity (Wildman–Crippen MR) is 90.7 cm³/mol. The van der Waals surface area contributed by atoms with Crippen LogP contribution in [0.3, 0.4) is 0 Å². The number of aromatic nitrogens is 2. The van der Waals surface area contributed by atoms with Gasteiger partial charge in [-0.25, -0.2) is 4.68 Å². The molecule has 118 valence electrons. The maximum Gasteiger partial charge on any atom is 0.266 e. The van der Waals surface area contributed by atoms with Gasteiger partial charge in [-0.15, -0.1) is 11.3 Å². The molecule has 1 fully saturated rings. The number of hydrogen-bond donors (Lipinski definition) is 1. The van der Waals surface area contributed by atoms with Gasteiger partial charge in [-0.05, 0) is 37.8 Å². The fourth-order valence-corrected chi connectivity index (χ4v) is 4.20. The van der Waals surface area contributed by atoms with Crippen molar-refractivity contribution in [3.63, 3.8) is 0 Å². The molecule has 2 aromatic rings. The first kappa shape index (κ1) is 15.3. The van der Waals surface area contributed by atoms with Gasteiger partial charge < -0.3 is 5.32 Å². The van der Waals surface area contributed by atoms with Crippen molar-refractivity contribution in [2.75, 3.05) is 5.32 Å². The molecule has 1 saturated carbocycles. The molecule has 22 heavy (non-hydrogen) atoms. The summed E-state index contributed by atoms with van der Waals surface area (Å²) >= 11 is 1.57. The fraction of sp³-hybridized carbons (Fsp3) is 0.529. The number of carbonyl (C=O) groups is 1. The van der Waals surface area contributed by atoms with E-state index < -0.39 is 0 Å². The van der Waals surface area contributed by atoms with Crippen LogP contribution in [0.15, 0.2) is 18.3 Å². The molecule has 0 unspecified atom stereocenters. The van der Waals surface area contributed by atoms with E-state index in [1.807, 2.05) is 16.8 Å². The molecule has 0 aromatic carbocycles. The van der Waals surface area contributed by atoms with Crippen molar-refractivity contribution < 1.29 is 4.79 Å². The molecule has 1 aliphatic rings. The van der Waals surface area contributed by atoms with E-state index in [9.17, 15) is 4.79 Å². The summed E-state index contributed by atoms with van der Waals surface area (Å²) in [6.07, 6.45) is 8.87. The molecule has 0 atom stereocenters. The lowest BCUT2D eigenvalue weighted by Gasteiger charge is -2.23. The molecule has 0 aliphatic heterocycles. The average Bonchev–Trinajstić information content (AvgIpc) is 3.14. The fourth-order valence-electron chi connectivity index (χ4n) is 3.19. The van der Waals surface area contributed by atoms with Gasteiger partial charge in [0.25, 0.3) is 5.91 Å². The zero-order chi connectivity index (χ0) is 15.5. The van der Waals surface area contributed by atoms with Gasteiger partial charge in [0.1, 0.15) is 5.82 Å². The van der Waals surface area contributed by atoms with E-state index >= 15 is 0 Å². The number of carbonyl (C=O) groups excluding carboxylic acids is 1. The molecular weight excluding hydrogens is 294 g/mol. The Kier molecular flexibility index (Phi) is 4.62. The highest BCUT2D eigenvalue weighted by molar-refractivity contribution is 7.14. The minimum Gasteiger partial charge on any atom is -0.306 e. The first-order chi connectivity index (χ1) is 10.7.